The van der Waals surface area contributed by atoms with E-state index in [2.05, 4.69) is 34.1 Å². The Morgan fingerprint density at radius 3 is 2.29 bits per heavy atom. The van der Waals surface area contributed by atoms with Crippen molar-refractivity contribution < 1.29 is 4.21 Å². The first kappa shape index (κ1) is 15.9. The van der Waals surface area contributed by atoms with E-state index in [1.807, 2.05) is 47.1 Å². The molecule has 1 N–H and O–H groups in total. The zero-order valence-electron chi connectivity index (χ0n) is 13.3. The highest BCUT2D eigenvalue weighted by molar-refractivity contribution is 7.84. The number of nitrogens with zero attached hydrogens (tertiary/aromatic N) is 2. The van der Waals surface area contributed by atoms with Crippen LogP contribution in [0.25, 0.3) is 11.1 Å². The van der Waals surface area contributed by atoms with Gasteiger partial charge in [0.05, 0.1) is 21.9 Å². The molecule has 2 aromatic rings. The maximum atomic E-state index is 12.1. The third-order valence-electron chi connectivity index (χ3n) is 3.29. The second kappa shape index (κ2) is 6.12. The van der Waals surface area contributed by atoms with Crippen LogP contribution in [0.1, 0.15) is 39.3 Å². The average Bonchev–Trinajstić information content (AvgIpc) is 2.84. The first-order valence-corrected chi connectivity index (χ1v) is 8.19. The molecule has 1 heterocycles. The number of hydrogen-bond acceptors (Lipinski definition) is 2. The van der Waals surface area contributed by atoms with Gasteiger partial charge in [-0.15, -0.1) is 0 Å². The Bertz CT molecular complexity index is 626. The van der Waals surface area contributed by atoms with E-state index in [9.17, 15) is 4.21 Å². The van der Waals surface area contributed by atoms with Gasteiger partial charge in [0.1, 0.15) is 0 Å². The summed E-state index contributed by atoms with van der Waals surface area (Å²) in [6.45, 7) is 7.93. The Morgan fingerprint density at radius 2 is 1.81 bits per heavy atom. The number of nitrogens with one attached hydrogen (secondary N) is 1. The normalized spacial score (nSPS) is 14.9. The lowest BCUT2D eigenvalue weighted by Crippen LogP contribution is -2.34. The van der Waals surface area contributed by atoms with E-state index in [0.717, 1.165) is 16.7 Å². The van der Waals surface area contributed by atoms with Crippen LogP contribution in [0.4, 0.5) is 0 Å². The third-order valence-corrected chi connectivity index (χ3v) is 4.97. The minimum Gasteiger partial charge on any atom is -0.275 e. The lowest BCUT2D eigenvalue weighted by atomic mass is 10.0. The predicted molar refractivity (Wildman–Crippen MR) is 88.1 cm³/mol. The van der Waals surface area contributed by atoms with Crippen LogP contribution in [-0.4, -0.2) is 18.7 Å². The van der Waals surface area contributed by atoms with E-state index in [4.69, 9.17) is 0 Å². The van der Waals surface area contributed by atoms with Crippen LogP contribution in [0.5, 0.6) is 0 Å². The standard InChI is InChI=1S/C16H23N3OS/c1-12(18-21(20)16(2,3)4)13-6-8-14(9-7-13)15-10-17-19(5)11-15/h6-12,18H,1-5H3/t12-,21+/m0/s1. The van der Waals surface area contributed by atoms with Crippen molar-refractivity contribution in [1.29, 1.82) is 0 Å². The van der Waals surface area contributed by atoms with Gasteiger partial charge in [0.2, 0.25) is 0 Å². The smallest absolute Gasteiger partial charge is 0.0975 e. The van der Waals surface area contributed by atoms with Gasteiger partial charge in [-0.2, -0.15) is 5.10 Å². The number of aromatic nitrogens is 2. The van der Waals surface area contributed by atoms with Crippen molar-refractivity contribution in [2.24, 2.45) is 7.05 Å². The molecule has 0 spiro atoms. The molecule has 2 rings (SSSR count). The van der Waals surface area contributed by atoms with Crippen LogP contribution >= 0.6 is 0 Å². The molecule has 0 aliphatic carbocycles. The second-order valence-corrected chi connectivity index (χ2v) is 8.24. The van der Waals surface area contributed by atoms with Crippen LogP contribution < -0.4 is 4.72 Å². The summed E-state index contributed by atoms with van der Waals surface area (Å²) in [4.78, 5) is 0. The van der Waals surface area contributed by atoms with E-state index in [0.29, 0.717) is 0 Å². The van der Waals surface area contributed by atoms with E-state index < -0.39 is 11.0 Å². The van der Waals surface area contributed by atoms with Crippen LogP contribution in [0.3, 0.4) is 0 Å². The van der Waals surface area contributed by atoms with Crippen LogP contribution in [-0.2, 0) is 18.0 Å². The van der Waals surface area contributed by atoms with Gasteiger partial charge < -0.3 is 0 Å². The van der Waals surface area contributed by atoms with Gasteiger partial charge in [0.25, 0.3) is 0 Å². The molecule has 1 aromatic heterocycles. The largest absolute Gasteiger partial charge is 0.275 e. The molecule has 0 radical (unpaired) electrons. The highest BCUT2D eigenvalue weighted by atomic mass is 32.2. The van der Waals surface area contributed by atoms with Crippen molar-refractivity contribution >= 4 is 11.0 Å². The molecule has 1 aromatic carbocycles. The van der Waals surface area contributed by atoms with Crippen molar-refractivity contribution in [3.8, 4) is 11.1 Å². The molecular formula is C16H23N3OS. The van der Waals surface area contributed by atoms with E-state index >= 15 is 0 Å². The van der Waals surface area contributed by atoms with E-state index in [1.54, 1.807) is 4.68 Å². The summed E-state index contributed by atoms with van der Waals surface area (Å²) in [5.41, 5.74) is 3.36. The van der Waals surface area contributed by atoms with Crippen molar-refractivity contribution in [2.45, 2.75) is 38.5 Å². The lowest BCUT2D eigenvalue weighted by Gasteiger charge is -2.22. The second-order valence-electron chi connectivity index (χ2n) is 6.25. The number of aryl methyl sites for hydroxylation is 1. The van der Waals surface area contributed by atoms with Crippen LogP contribution in [0.15, 0.2) is 36.7 Å². The molecule has 0 unspecified atom stereocenters. The fraction of sp³-hybridized carbons (Fsp3) is 0.438. The zero-order chi connectivity index (χ0) is 15.6. The SMILES string of the molecule is C[C@H](N[S@](=O)C(C)(C)C)c1ccc(-c2cnn(C)c2)cc1. The Morgan fingerprint density at radius 1 is 1.19 bits per heavy atom. The maximum absolute atomic E-state index is 12.1. The molecule has 2 atom stereocenters. The summed E-state index contributed by atoms with van der Waals surface area (Å²) < 4.78 is 16.8. The van der Waals surface area contributed by atoms with Crippen LogP contribution in [0, 0.1) is 0 Å². The Kier molecular flexibility index (Phi) is 4.64. The molecule has 4 nitrogen and oxygen atoms in total. The van der Waals surface area contributed by atoms with E-state index in [1.165, 1.54) is 0 Å². The zero-order valence-corrected chi connectivity index (χ0v) is 14.1. The number of benzene rings is 1. The third kappa shape index (κ3) is 4.02. The topological polar surface area (TPSA) is 46.9 Å². The van der Waals surface area contributed by atoms with Crippen molar-refractivity contribution in [3.63, 3.8) is 0 Å². The minimum atomic E-state index is -1.07. The van der Waals surface area contributed by atoms with Crippen molar-refractivity contribution in [3.05, 3.63) is 42.2 Å². The molecule has 0 bridgehead atoms. The fourth-order valence-electron chi connectivity index (χ4n) is 1.94. The van der Waals surface area contributed by atoms with Crippen molar-refractivity contribution in [2.75, 3.05) is 0 Å². The Balaban J connectivity index is 2.10. The molecule has 0 saturated heterocycles. The molecule has 0 fully saturated rings. The summed E-state index contributed by atoms with van der Waals surface area (Å²) in [7, 11) is 0.839. The molecular weight excluding hydrogens is 282 g/mol. The number of hydrogen-bond donors (Lipinski definition) is 1. The molecule has 0 saturated carbocycles. The Hall–Kier alpha value is -1.46. The maximum Gasteiger partial charge on any atom is 0.0975 e. The monoisotopic (exact) mass is 305 g/mol. The summed E-state index contributed by atoms with van der Waals surface area (Å²) >= 11 is 0. The van der Waals surface area contributed by atoms with Gasteiger partial charge in [0.15, 0.2) is 0 Å². The first-order valence-electron chi connectivity index (χ1n) is 7.04. The fourth-order valence-corrected chi connectivity index (χ4v) is 2.75. The summed E-state index contributed by atoms with van der Waals surface area (Å²) in [6.07, 6.45) is 3.84. The van der Waals surface area contributed by atoms with Gasteiger partial charge in [-0.05, 0) is 38.8 Å². The molecule has 21 heavy (non-hydrogen) atoms. The van der Waals surface area contributed by atoms with Gasteiger partial charge >= 0.3 is 0 Å². The highest BCUT2D eigenvalue weighted by Crippen LogP contribution is 2.22. The summed E-state index contributed by atoms with van der Waals surface area (Å²) in [5, 5.41) is 4.18. The van der Waals surface area contributed by atoms with Gasteiger partial charge in [-0.1, -0.05) is 24.3 Å². The molecule has 114 valence electrons. The predicted octanol–water partition coefficient (Wildman–Crippen LogP) is 3.20. The van der Waals surface area contributed by atoms with Crippen molar-refractivity contribution in [1.82, 2.24) is 14.5 Å². The average molecular weight is 305 g/mol. The number of rotatable bonds is 4. The molecule has 5 heteroatoms. The summed E-state index contributed by atoms with van der Waals surface area (Å²) in [5.74, 6) is 0. The summed E-state index contributed by atoms with van der Waals surface area (Å²) in [6, 6.07) is 8.34. The van der Waals surface area contributed by atoms with Gasteiger partial charge in [-0.25, -0.2) is 8.93 Å². The molecule has 0 aliphatic heterocycles. The van der Waals surface area contributed by atoms with Crippen LogP contribution in [0.2, 0.25) is 0 Å². The molecule has 0 aliphatic rings. The van der Waals surface area contributed by atoms with Gasteiger partial charge in [0, 0.05) is 24.8 Å². The van der Waals surface area contributed by atoms with E-state index in [-0.39, 0.29) is 10.8 Å². The quantitative estimate of drug-likeness (QED) is 0.943. The Labute approximate surface area is 129 Å². The highest BCUT2D eigenvalue weighted by Gasteiger charge is 2.21. The molecule has 0 amide bonds. The lowest BCUT2D eigenvalue weighted by molar-refractivity contribution is 0.616. The first-order chi connectivity index (χ1) is 9.77. The minimum absolute atomic E-state index is 0.0491. The van der Waals surface area contributed by atoms with Gasteiger partial charge in [-0.3, -0.25) is 4.68 Å².